The number of rotatable bonds is 7. The van der Waals surface area contributed by atoms with Gasteiger partial charge in [-0.1, -0.05) is 44.2 Å². The summed E-state index contributed by atoms with van der Waals surface area (Å²) in [6.45, 7) is 5.00. The number of amides is 2. The Labute approximate surface area is 170 Å². The Morgan fingerprint density at radius 3 is 2.69 bits per heavy atom. The van der Waals surface area contributed by atoms with E-state index in [0.29, 0.717) is 18.7 Å². The van der Waals surface area contributed by atoms with Gasteiger partial charge in [0.25, 0.3) is 5.91 Å². The topological polar surface area (TPSA) is 78.1 Å². The van der Waals surface area contributed by atoms with Crippen LogP contribution in [0.15, 0.2) is 48.5 Å². The van der Waals surface area contributed by atoms with Crippen molar-refractivity contribution in [3.63, 3.8) is 0 Å². The molecule has 6 heteroatoms. The number of nitrogens with one attached hydrogen (secondary N) is 2. The first kappa shape index (κ1) is 19.2. The molecule has 2 amide bonds. The number of carbonyl (C=O) groups is 2. The normalized spacial score (nSPS) is 14.4. The van der Waals surface area contributed by atoms with Gasteiger partial charge in [0.1, 0.15) is 11.9 Å². The first-order chi connectivity index (χ1) is 14.0. The number of aromatic nitrogens is 2. The summed E-state index contributed by atoms with van der Waals surface area (Å²) in [5.74, 6) is 0.803. The molecule has 1 aliphatic heterocycles. The predicted octanol–water partition coefficient (Wildman–Crippen LogP) is 3.29. The number of para-hydroxylation sites is 2. The van der Waals surface area contributed by atoms with Gasteiger partial charge >= 0.3 is 0 Å². The Morgan fingerprint density at radius 1 is 1.17 bits per heavy atom. The SMILES string of the molecule is CC(C)[C@H](C(=O)NCCCc1nc2ccccc2[nH]1)N1Cc2ccccc2C1=O. The zero-order valence-corrected chi connectivity index (χ0v) is 16.8. The summed E-state index contributed by atoms with van der Waals surface area (Å²) in [4.78, 5) is 35.2. The van der Waals surface area contributed by atoms with Crippen LogP contribution in [0.3, 0.4) is 0 Å². The fourth-order valence-corrected chi connectivity index (χ4v) is 4.00. The fraction of sp³-hybridized carbons (Fsp3) is 0.348. The lowest BCUT2D eigenvalue weighted by molar-refractivity contribution is -0.127. The molecule has 1 atom stereocenters. The molecular weight excluding hydrogens is 364 g/mol. The molecule has 0 radical (unpaired) electrons. The number of aromatic amines is 1. The molecule has 3 aromatic rings. The molecule has 2 aromatic carbocycles. The molecule has 1 aliphatic rings. The lowest BCUT2D eigenvalue weighted by Crippen LogP contribution is -2.50. The summed E-state index contributed by atoms with van der Waals surface area (Å²) in [5.41, 5.74) is 3.67. The van der Waals surface area contributed by atoms with E-state index in [0.717, 1.165) is 35.3 Å². The fourth-order valence-electron chi connectivity index (χ4n) is 4.00. The van der Waals surface area contributed by atoms with Crippen LogP contribution >= 0.6 is 0 Å². The van der Waals surface area contributed by atoms with Crippen molar-refractivity contribution in [2.75, 3.05) is 6.54 Å². The van der Waals surface area contributed by atoms with Crippen molar-refractivity contribution in [1.29, 1.82) is 0 Å². The summed E-state index contributed by atoms with van der Waals surface area (Å²) in [6.07, 6.45) is 1.54. The molecule has 1 aromatic heterocycles. The van der Waals surface area contributed by atoms with E-state index in [9.17, 15) is 9.59 Å². The summed E-state index contributed by atoms with van der Waals surface area (Å²) in [5, 5.41) is 3.02. The number of hydrogen-bond acceptors (Lipinski definition) is 3. The predicted molar refractivity (Wildman–Crippen MR) is 112 cm³/mol. The van der Waals surface area contributed by atoms with Crippen LogP contribution in [-0.2, 0) is 17.8 Å². The average Bonchev–Trinajstić information content (AvgIpc) is 3.26. The van der Waals surface area contributed by atoms with Crippen molar-refractivity contribution in [3.05, 3.63) is 65.5 Å². The Hall–Kier alpha value is -3.15. The Balaban J connectivity index is 1.34. The van der Waals surface area contributed by atoms with Crippen molar-refractivity contribution < 1.29 is 9.59 Å². The van der Waals surface area contributed by atoms with E-state index < -0.39 is 6.04 Å². The third-order valence-electron chi connectivity index (χ3n) is 5.41. The Bertz CT molecular complexity index is 1010. The lowest BCUT2D eigenvalue weighted by atomic mass is 10.0. The molecule has 6 nitrogen and oxygen atoms in total. The second-order valence-electron chi connectivity index (χ2n) is 7.87. The summed E-state index contributed by atoms with van der Waals surface area (Å²) in [7, 11) is 0. The minimum absolute atomic E-state index is 0.0311. The van der Waals surface area contributed by atoms with Gasteiger partial charge in [-0.3, -0.25) is 9.59 Å². The maximum atomic E-state index is 12.9. The highest BCUT2D eigenvalue weighted by Crippen LogP contribution is 2.27. The van der Waals surface area contributed by atoms with E-state index in [1.54, 1.807) is 4.90 Å². The van der Waals surface area contributed by atoms with Crippen LogP contribution in [0.2, 0.25) is 0 Å². The molecule has 29 heavy (non-hydrogen) atoms. The summed E-state index contributed by atoms with van der Waals surface area (Å²) in [6, 6.07) is 15.0. The van der Waals surface area contributed by atoms with Gasteiger partial charge in [-0.15, -0.1) is 0 Å². The first-order valence-electron chi connectivity index (χ1n) is 10.1. The molecule has 150 valence electrons. The number of carbonyl (C=O) groups excluding carboxylic acids is 2. The highest BCUT2D eigenvalue weighted by molar-refractivity contribution is 6.01. The second kappa shape index (κ2) is 8.07. The van der Waals surface area contributed by atoms with Crippen LogP contribution in [0.25, 0.3) is 11.0 Å². The van der Waals surface area contributed by atoms with Crippen molar-refractivity contribution in [3.8, 4) is 0 Å². The number of aryl methyl sites for hydroxylation is 1. The van der Waals surface area contributed by atoms with Gasteiger partial charge in [0.15, 0.2) is 0 Å². The molecule has 0 aliphatic carbocycles. The van der Waals surface area contributed by atoms with Crippen LogP contribution in [0.4, 0.5) is 0 Å². The molecule has 4 rings (SSSR count). The highest BCUT2D eigenvalue weighted by Gasteiger charge is 2.37. The van der Waals surface area contributed by atoms with Crippen LogP contribution in [0.1, 0.15) is 42.0 Å². The van der Waals surface area contributed by atoms with Crippen molar-refractivity contribution in [2.24, 2.45) is 5.92 Å². The van der Waals surface area contributed by atoms with Gasteiger partial charge < -0.3 is 15.2 Å². The van der Waals surface area contributed by atoms with Crippen LogP contribution in [0, 0.1) is 5.92 Å². The molecule has 0 unspecified atom stereocenters. The second-order valence-corrected chi connectivity index (χ2v) is 7.87. The molecular formula is C23H26N4O2. The lowest BCUT2D eigenvalue weighted by Gasteiger charge is -2.29. The van der Waals surface area contributed by atoms with Gasteiger partial charge in [-0.2, -0.15) is 0 Å². The van der Waals surface area contributed by atoms with Crippen molar-refractivity contribution >= 4 is 22.8 Å². The van der Waals surface area contributed by atoms with Crippen molar-refractivity contribution in [2.45, 2.75) is 39.3 Å². The maximum Gasteiger partial charge on any atom is 0.255 e. The molecule has 0 saturated carbocycles. The number of fused-ring (bicyclic) bond motifs is 2. The van der Waals surface area contributed by atoms with Crippen LogP contribution < -0.4 is 5.32 Å². The van der Waals surface area contributed by atoms with Gasteiger partial charge in [0.05, 0.1) is 11.0 Å². The van der Waals surface area contributed by atoms with E-state index in [-0.39, 0.29) is 17.7 Å². The number of H-pyrrole nitrogens is 1. The molecule has 2 heterocycles. The number of nitrogens with zero attached hydrogens (tertiary/aromatic N) is 2. The molecule has 0 spiro atoms. The Morgan fingerprint density at radius 2 is 1.93 bits per heavy atom. The van der Waals surface area contributed by atoms with Gasteiger partial charge in [-0.25, -0.2) is 4.98 Å². The van der Waals surface area contributed by atoms with Gasteiger partial charge in [0.2, 0.25) is 5.91 Å². The maximum absolute atomic E-state index is 12.9. The van der Waals surface area contributed by atoms with Gasteiger partial charge in [0, 0.05) is 25.1 Å². The molecule has 2 N–H and O–H groups in total. The summed E-state index contributed by atoms with van der Waals surface area (Å²) < 4.78 is 0. The van der Waals surface area contributed by atoms with Crippen LogP contribution in [-0.4, -0.2) is 39.3 Å². The minimum Gasteiger partial charge on any atom is -0.354 e. The zero-order chi connectivity index (χ0) is 20.4. The number of imidazole rings is 1. The largest absolute Gasteiger partial charge is 0.354 e. The van der Waals surface area contributed by atoms with E-state index in [4.69, 9.17) is 0 Å². The summed E-state index contributed by atoms with van der Waals surface area (Å²) >= 11 is 0. The van der Waals surface area contributed by atoms with E-state index in [1.807, 2.05) is 62.4 Å². The minimum atomic E-state index is -0.471. The third-order valence-corrected chi connectivity index (χ3v) is 5.41. The molecule has 0 bridgehead atoms. The first-order valence-corrected chi connectivity index (χ1v) is 10.1. The van der Waals surface area contributed by atoms with E-state index in [1.165, 1.54) is 0 Å². The average molecular weight is 390 g/mol. The number of hydrogen-bond donors (Lipinski definition) is 2. The molecule has 0 fully saturated rings. The monoisotopic (exact) mass is 390 g/mol. The third kappa shape index (κ3) is 3.88. The van der Waals surface area contributed by atoms with Crippen molar-refractivity contribution in [1.82, 2.24) is 20.2 Å². The van der Waals surface area contributed by atoms with Crippen LogP contribution in [0.5, 0.6) is 0 Å². The van der Waals surface area contributed by atoms with E-state index in [2.05, 4.69) is 15.3 Å². The zero-order valence-electron chi connectivity index (χ0n) is 16.8. The number of benzene rings is 2. The van der Waals surface area contributed by atoms with E-state index >= 15 is 0 Å². The standard InChI is InChI=1S/C23H26N4O2/c1-15(2)21(27-14-16-8-3-4-9-17(16)23(27)29)22(28)24-13-7-12-20-25-18-10-5-6-11-19(18)26-20/h3-6,8-11,15,21H,7,12-14H2,1-2H3,(H,24,28)(H,25,26)/t21-/m1/s1. The smallest absolute Gasteiger partial charge is 0.255 e. The quantitative estimate of drug-likeness (QED) is 0.608. The van der Waals surface area contributed by atoms with Gasteiger partial charge in [-0.05, 0) is 36.1 Å². The highest BCUT2D eigenvalue weighted by atomic mass is 16.2. The molecule has 0 saturated heterocycles. The Kier molecular flexibility index (Phi) is 5.34.